The smallest absolute Gasteiger partial charge is 0.0227 e. The summed E-state index contributed by atoms with van der Waals surface area (Å²) in [6.07, 6.45) is 2.59. The second-order valence-electron chi connectivity index (χ2n) is 4.95. The Balaban J connectivity index is 1.88. The molecule has 94 valence electrons. The van der Waals surface area contributed by atoms with Crippen LogP contribution in [0.4, 0.5) is 0 Å². The van der Waals surface area contributed by atoms with Crippen LogP contribution < -0.4 is 5.32 Å². The molecule has 0 aromatic heterocycles. The number of nitrogens with zero attached hydrogens (tertiary/aromatic N) is 1. The number of benzene rings is 1. The third kappa shape index (κ3) is 4.34. The minimum Gasteiger partial charge on any atom is -0.317 e. The molecule has 2 rings (SSSR count). The van der Waals surface area contributed by atoms with Crippen molar-refractivity contribution in [2.45, 2.75) is 29.5 Å². The van der Waals surface area contributed by atoms with Crippen molar-refractivity contribution >= 4 is 11.8 Å². The van der Waals surface area contributed by atoms with E-state index in [9.17, 15) is 0 Å². The predicted octanol–water partition coefficient (Wildman–Crippen LogP) is 2.59. The van der Waals surface area contributed by atoms with Crippen LogP contribution in [0, 0.1) is 0 Å². The van der Waals surface area contributed by atoms with Gasteiger partial charge in [-0.2, -0.15) is 0 Å². The number of thioether (sulfide) groups is 1. The molecule has 1 aromatic carbocycles. The van der Waals surface area contributed by atoms with E-state index in [0.717, 1.165) is 11.8 Å². The van der Waals surface area contributed by atoms with Gasteiger partial charge in [-0.05, 0) is 57.7 Å². The number of hydrogen-bond donors (Lipinski definition) is 1. The molecule has 0 aliphatic carbocycles. The van der Waals surface area contributed by atoms with Crippen molar-refractivity contribution in [3.8, 4) is 0 Å². The Bertz CT molecular complexity index is 329. The van der Waals surface area contributed by atoms with Crippen LogP contribution in [0.15, 0.2) is 29.2 Å². The molecule has 1 aliphatic heterocycles. The van der Waals surface area contributed by atoms with E-state index >= 15 is 0 Å². The van der Waals surface area contributed by atoms with Crippen LogP contribution in [0.3, 0.4) is 0 Å². The van der Waals surface area contributed by atoms with E-state index in [4.69, 9.17) is 0 Å². The maximum Gasteiger partial charge on any atom is 0.0227 e. The highest BCUT2D eigenvalue weighted by Gasteiger charge is 2.13. The van der Waals surface area contributed by atoms with Crippen LogP contribution >= 0.6 is 11.8 Å². The van der Waals surface area contributed by atoms with Crippen LogP contribution in [0.5, 0.6) is 0 Å². The van der Waals surface area contributed by atoms with Crippen LogP contribution in [0.2, 0.25) is 0 Å². The van der Waals surface area contributed by atoms with Gasteiger partial charge in [-0.15, -0.1) is 11.8 Å². The lowest BCUT2D eigenvalue weighted by Crippen LogP contribution is -2.29. The molecule has 0 spiro atoms. The summed E-state index contributed by atoms with van der Waals surface area (Å²) in [6.45, 7) is 3.38. The minimum absolute atomic E-state index is 0.802. The van der Waals surface area contributed by atoms with Gasteiger partial charge in [0.25, 0.3) is 0 Å². The van der Waals surface area contributed by atoms with Crippen LogP contribution in [-0.2, 0) is 6.54 Å². The van der Waals surface area contributed by atoms with E-state index in [1.54, 1.807) is 0 Å². The van der Waals surface area contributed by atoms with E-state index in [1.165, 1.54) is 36.4 Å². The van der Waals surface area contributed by atoms with E-state index in [1.807, 2.05) is 11.8 Å². The highest BCUT2D eigenvalue weighted by atomic mass is 32.2. The fraction of sp³-hybridized carbons (Fsp3) is 0.571. The molecule has 0 bridgehead atoms. The van der Waals surface area contributed by atoms with Gasteiger partial charge in [0.1, 0.15) is 0 Å². The van der Waals surface area contributed by atoms with Crippen molar-refractivity contribution in [2.75, 3.05) is 27.2 Å². The predicted molar refractivity (Wildman–Crippen MR) is 75.6 cm³/mol. The first-order valence-corrected chi connectivity index (χ1v) is 7.23. The van der Waals surface area contributed by atoms with Gasteiger partial charge < -0.3 is 10.2 Å². The normalized spacial score (nSPS) is 17.6. The highest BCUT2D eigenvalue weighted by Crippen LogP contribution is 2.28. The van der Waals surface area contributed by atoms with E-state index in [-0.39, 0.29) is 0 Å². The lowest BCUT2D eigenvalue weighted by atomic mass is 10.2. The molecule has 0 radical (unpaired) electrons. The SMILES string of the molecule is CN(C)Cc1ccc(SC2CCNCC2)cc1. The molecular formula is C14H22N2S. The molecule has 3 heteroatoms. The molecule has 0 unspecified atom stereocenters. The third-order valence-corrected chi connectivity index (χ3v) is 4.36. The summed E-state index contributed by atoms with van der Waals surface area (Å²) in [5.41, 5.74) is 1.39. The molecule has 0 atom stereocenters. The fourth-order valence-corrected chi connectivity index (χ4v) is 3.29. The molecule has 1 saturated heterocycles. The number of piperidine rings is 1. The van der Waals surface area contributed by atoms with Gasteiger partial charge in [0, 0.05) is 16.7 Å². The van der Waals surface area contributed by atoms with E-state index in [0.29, 0.717) is 0 Å². The molecule has 0 amide bonds. The second kappa shape index (κ2) is 6.43. The van der Waals surface area contributed by atoms with Crippen molar-refractivity contribution in [2.24, 2.45) is 0 Å². The lowest BCUT2D eigenvalue weighted by molar-refractivity contribution is 0.402. The largest absolute Gasteiger partial charge is 0.317 e. The van der Waals surface area contributed by atoms with Gasteiger partial charge in [0.05, 0.1) is 0 Å². The van der Waals surface area contributed by atoms with Crippen LogP contribution in [-0.4, -0.2) is 37.3 Å². The average molecular weight is 250 g/mol. The molecule has 1 fully saturated rings. The van der Waals surface area contributed by atoms with Crippen molar-refractivity contribution in [3.05, 3.63) is 29.8 Å². The Morgan fingerprint density at radius 3 is 2.41 bits per heavy atom. The molecule has 1 N–H and O–H groups in total. The zero-order valence-electron chi connectivity index (χ0n) is 10.8. The molecule has 1 heterocycles. The Hall–Kier alpha value is -0.510. The maximum absolute atomic E-state index is 3.41. The topological polar surface area (TPSA) is 15.3 Å². The lowest BCUT2D eigenvalue weighted by Gasteiger charge is -2.22. The molecule has 17 heavy (non-hydrogen) atoms. The summed E-state index contributed by atoms with van der Waals surface area (Å²) in [7, 11) is 4.22. The second-order valence-corrected chi connectivity index (χ2v) is 6.32. The first-order chi connectivity index (χ1) is 8.24. The molecular weight excluding hydrogens is 228 g/mol. The molecule has 1 aliphatic rings. The van der Waals surface area contributed by atoms with E-state index in [2.05, 4.69) is 48.6 Å². The number of nitrogens with one attached hydrogen (secondary N) is 1. The highest BCUT2D eigenvalue weighted by molar-refractivity contribution is 8.00. The van der Waals surface area contributed by atoms with Crippen molar-refractivity contribution in [1.29, 1.82) is 0 Å². The minimum atomic E-state index is 0.802. The fourth-order valence-electron chi connectivity index (χ4n) is 2.14. The van der Waals surface area contributed by atoms with E-state index < -0.39 is 0 Å². The average Bonchev–Trinajstić information content (AvgIpc) is 2.32. The first kappa shape index (κ1) is 12.9. The van der Waals surface area contributed by atoms with Crippen molar-refractivity contribution in [3.63, 3.8) is 0 Å². The van der Waals surface area contributed by atoms with Gasteiger partial charge in [0.15, 0.2) is 0 Å². The number of rotatable bonds is 4. The first-order valence-electron chi connectivity index (χ1n) is 6.35. The third-order valence-electron chi connectivity index (χ3n) is 3.01. The summed E-state index contributed by atoms with van der Waals surface area (Å²) in [5.74, 6) is 0. The summed E-state index contributed by atoms with van der Waals surface area (Å²) < 4.78 is 0. The van der Waals surface area contributed by atoms with Gasteiger partial charge in [-0.3, -0.25) is 0 Å². The van der Waals surface area contributed by atoms with Gasteiger partial charge in [-0.25, -0.2) is 0 Å². The summed E-state index contributed by atoms with van der Waals surface area (Å²) in [4.78, 5) is 3.62. The standard InChI is InChI=1S/C14H22N2S/c1-16(2)11-12-3-5-13(6-4-12)17-14-7-9-15-10-8-14/h3-6,14-15H,7-11H2,1-2H3. The van der Waals surface area contributed by atoms with Crippen molar-refractivity contribution < 1.29 is 0 Å². The summed E-state index contributed by atoms with van der Waals surface area (Å²) >= 11 is 2.04. The quantitative estimate of drug-likeness (QED) is 0.884. The maximum atomic E-state index is 3.41. The van der Waals surface area contributed by atoms with Crippen LogP contribution in [0.25, 0.3) is 0 Å². The number of hydrogen-bond acceptors (Lipinski definition) is 3. The molecule has 1 aromatic rings. The molecule has 2 nitrogen and oxygen atoms in total. The zero-order chi connectivity index (χ0) is 12.1. The zero-order valence-corrected chi connectivity index (χ0v) is 11.6. The van der Waals surface area contributed by atoms with Crippen LogP contribution in [0.1, 0.15) is 18.4 Å². The summed E-state index contributed by atoms with van der Waals surface area (Å²) in [5, 5.41) is 4.21. The van der Waals surface area contributed by atoms with Gasteiger partial charge >= 0.3 is 0 Å². The summed E-state index contributed by atoms with van der Waals surface area (Å²) in [6, 6.07) is 9.05. The van der Waals surface area contributed by atoms with Crippen molar-refractivity contribution in [1.82, 2.24) is 10.2 Å². The molecule has 0 saturated carbocycles. The Morgan fingerprint density at radius 2 is 1.82 bits per heavy atom. The van der Waals surface area contributed by atoms with Gasteiger partial charge in [-0.1, -0.05) is 12.1 Å². The monoisotopic (exact) mass is 250 g/mol. The Kier molecular flexibility index (Phi) is 4.89. The Labute approximate surface area is 109 Å². The Morgan fingerprint density at radius 1 is 1.18 bits per heavy atom. The van der Waals surface area contributed by atoms with Gasteiger partial charge in [0.2, 0.25) is 0 Å².